The summed E-state index contributed by atoms with van der Waals surface area (Å²) in [4.78, 5) is 33.6. The minimum absolute atomic E-state index is 0.124. The topological polar surface area (TPSA) is 73.7 Å². The molecule has 3 rings (SSSR count). The summed E-state index contributed by atoms with van der Waals surface area (Å²) in [6.45, 7) is 1.02. The van der Waals surface area contributed by atoms with E-state index in [1.165, 1.54) is 16.2 Å². The molecule has 0 bridgehead atoms. The average Bonchev–Trinajstić information content (AvgIpc) is 3.22. The second-order valence-electron chi connectivity index (χ2n) is 6.06. The van der Waals surface area contributed by atoms with Gasteiger partial charge in [0.15, 0.2) is 5.76 Å². The molecule has 0 aromatic carbocycles. The lowest BCUT2D eigenvalue weighted by Gasteiger charge is -2.27. The highest BCUT2D eigenvalue weighted by atomic mass is 32.1. The van der Waals surface area contributed by atoms with Crippen LogP contribution in [0.15, 0.2) is 53.4 Å². The lowest BCUT2D eigenvalue weighted by molar-refractivity contribution is -0.129. The van der Waals surface area contributed by atoms with Gasteiger partial charge in [0.2, 0.25) is 5.78 Å². The first-order valence-corrected chi connectivity index (χ1v) is 8.75. The minimum Gasteiger partial charge on any atom is -0.503 e. The number of likely N-dealkylation sites (N-methyl/N-ethyl adjacent to an activating group) is 1. The van der Waals surface area contributed by atoms with Crippen LogP contribution in [0.5, 0.6) is 0 Å². The van der Waals surface area contributed by atoms with Gasteiger partial charge in [0.1, 0.15) is 0 Å². The van der Waals surface area contributed by atoms with Crippen molar-refractivity contribution < 1.29 is 14.7 Å². The number of carbonyl (C=O) groups is 2. The molecule has 1 amide bonds. The number of carbonyl (C=O) groups excluding carboxylic acids is 2. The van der Waals surface area contributed by atoms with Crippen molar-refractivity contribution in [2.75, 3.05) is 27.2 Å². The van der Waals surface area contributed by atoms with E-state index in [0.29, 0.717) is 23.5 Å². The number of hydrogen-bond donors (Lipinski definition) is 1. The van der Waals surface area contributed by atoms with Crippen LogP contribution in [0, 0.1) is 0 Å². The Morgan fingerprint density at radius 2 is 2.16 bits per heavy atom. The molecule has 25 heavy (non-hydrogen) atoms. The van der Waals surface area contributed by atoms with Crippen LogP contribution >= 0.6 is 11.3 Å². The van der Waals surface area contributed by atoms with Gasteiger partial charge in [0.05, 0.1) is 16.5 Å². The number of amides is 1. The number of aliphatic hydroxyl groups is 1. The number of hydrogen-bond acceptors (Lipinski definition) is 6. The molecule has 1 aliphatic rings. The molecule has 6 nitrogen and oxygen atoms in total. The van der Waals surface area contributed by atoms with E-state index >= 15 is 0 Å². The predicted molar refractivity (Wildman–Crippen MR) is 95.5 cm³/mol. The van der Waals surface area contributed by atoms with Crippen molar-refractivity contribution in [2.24, 2.45) is 0 Å². The SMILES string of the molecule is CN(C)CCN1C(=O)C(O)=C(C(=O)c2cccs2)C1c1cccnc1. The maximum Gasteiger partial charge on any atom is 0.290 e. The molecule has 0 saturated heterocycles. The third-order valence-corrected chi connectivity index (χ3v) is 4.95. The van der Waals surface area contributed by atoms with Crippen molar-refractivity contribution >= 4 is 23.0 Å². The molecule has 3 heterocycles. The zero-order valence-corrected chi connectivity index (χ0v) is 14.9. The Kier molecular flexibility index (Phi) is 4.96. The molecule has 0 radical (unpaired) electrons. The number of rotatable bonds is 6. The van der Waals surface area contributed by atoms with Gasteiger partial charge in [0.25, 0.3) is 5.91 Å². The highest BCUT2D eigenvalue weighted by molar-refractivity contribution is 7.12. The van der Waals surface area contributed by atoms with Crippen LogP contribution in [0.2, 0.25) is 0 Å². The van der Waals surface area contributed by atoms with Crippen molar-refractivity contribution in [3.05, 3.63) is 63.8 Å². The third-order valence-electron chi connectivity index (χ3n) is 4.08. The fourth-order valence-corrected chi connectivity index (χ4v) is 3.53. The van der Waals surface area contributed by atoms with Crippen LogP contribution in [-0.4, -0.2) is 58.8 Å². The average molecular weight is 357 g/mol. The largest absolute Gasteiger partial charge is 0.503 e. The second kappa shape index (κ2) is 7.16. The number of ketones is 1. The van der Waals surface area contributed by atoms with Crippen LogP contribution in [0.4, 0.5) is 0 Å². The van der Waals surface area contributed by atoms with Gasteiger partial charge >= 0.3 is 0 Å². The van der Waals surface area contributed by atoms with Crippen molar-refractivity contribution in [1.29, 1.82) is 0 Å². The summed E-state index contributed by atoms with van der Waals surface area (Å²) in [7, 11) is 3.81. The molecule has 0 saturated carbocycles. The van der Waals surface area contributed by atoms with Crippen LogP contribution in [0.1, 0.15) is 21.3 Å². The van der Waals surface area contributed by atoms with Crippen LogP contribution in [0.3, 0.4) is 0 Å². The van der Waals surface area contributed by atoms with Crippen molar-refractivity contribution in [3.63, 3.8) is 0 Å². The number of pyridine rings is 1. The van der Waals surface area contributed by atoms with Crippen molar-refractivity contribution in [3.8, 4) is 0 Å². The van der Waals surface area contributed by atoms with E-state index in [1.807, 2.05) is 25.1 Å². The molecule has 0 fully saturated rings. The first kappa shape index (κ1) is 17.3. The fourth-order valence-electron chi connectivity index (χ4n) is 2.85. The fraction of sp³-hybridized carbons (Fsp3) is 0.278. The molecule has 130 valence electrons. The molecule has 1 aliphatic heterocycles. The summed E-state index contributed by atoms with van der Waals surface area (Å²) >= 11 is 1.29. The molecular formula is C18H19N3O3S. The monoisotopic (exact) mass is 357 g/mol. The maximum atomic E-state index is 12.9. The highest BCUT2D eigenvalue weighted by Gasteiger charge is 2.43. The molecule has 2 aromatic rings. The quantitative estimate of drug-likeness (QED) is 0.803. The Morgan fingerprint density at radius 1 is 1.36 bits per heavy atom. The summed E-state index contributed by atoms with van der Waals surface area (Å²) in [6, 6.07) is 6.41. The van der Waals surface area contributed by atoms with E-state index < -0.39 is 17.7 Å². The normalized spacial score (nSPS) is 17.6. The Balaban J connectivity index is 2.04. The molecule has 0 aliphatic carbocycles. The third kappa shape index (κ3) is 3.33. The highest BCUT2D eigenvalue weighted by Crippen LogP contribution is 2.38. The van der Waals surface area contributed by atoms with Gasteiger partial charge in [-0.05, 0) is 37.2 Å². The van der Waals surface area contributed by atoms with E-state index in [1.54, 1.807) is 36.0 Å². The lowest BCUT2D eigenvalue weighted by Crippen LogP contribution is -2.36. The van der Waals surface area contributed by atoms with Crippen molar-refractivity contribution in [2.45, 2.75) is 6.04 Å². The summed E-state index contributed by atoms with van der Waals surface area (Å²) in [5.41, 5.74) is 0.831. The van der Waals surface area contributed by atoms with E-state index in [2.05, 4.69) is 4.98 Å². The molecule has 1 unspecified atom stereocenters. The number of thiophene rings is 1. The smallest absolute Gasteiger partial charge is 0.290 e. The molecule has 0 spiro atoms. The van der Waals surface area contributed by atoms with E-state index in [0.717, 1.165) is 0 Å². The maximum absolute atomic E-state index is 12.9. The number of nitrogens with zero attached hydrogens (tertiary/aromatic N) is 3. The van der Waals surface area contributed by atoms with Gasteiger partial charge in [0, 0.05) is 25.5 Å². The molecule has 1 atom stereocenters. The van der Waals surface area contributed by atoms with Crippen LogP contribution < -0.4 is 0 Å². The summed E-state index contributed by atoms with van der Waals surface area (Å²) in [6.07, 6.45) is 3.26. The van der Waals surface area contributed by atoms with Gasteiger partial charge in [-0.3, -0.25) is 14.6 Å². The summed E-state index contributed by atoms with van der Waals surface area (Å²) in [5.74, 6) is -1.30. The second-order valence-corrected chi connectivity index (χ2v) is 7.01. The molecule has 7 heteroatoms. The summed E-state index contributed by atoms with van der Waals surface area (Å²) < 4.78 is 0. The zero-order valence-electron chi connectivity index (χ0n) is 14.0. The standard InChI is InChI=1S/C18H19N3O3S/c1-20(2)8-9-21-15(12-5-3-7-19-11-12)14(17(23)18(21)24)16(22)13-6-4-10-25-13/h3-7,10-11,15,23H,8-9H2,1-2H3. The Morgan fingerprint density at radius 3 is 2.76 bits per heavy atom. The van der Waals surface area contributed by atoms with Gasteiger partial charge in [-0.15, -0.1) is 11.3 Å². The van der Waals surface area contributed by atoms with Crippen LogP contribution in [0.25, 0.3) is 0 Å². The van der Waals surface area contributed by atoms with E-state index in [4.69, 9.17) is 0 Å². The Hall–Kier alpha value is -2.51. The molecular weight excluding hydrogens is 338 g/mol. The molecule has 2 aromatic heterocycles. The zero-order chi connectivity index (χ0) is 18.0. The number of aromatic nitrogens is 1. The summed E-state index contributed by atoms with van der Waals surface area (Å²) in [5, 5.41) is 12.2. The van der Waals surface area contributed by atoms with Crippen molar-refractivity contribution in [1.82, 2.24) is 14.8 Å². The number of aliphatic hydroxyl groups excluding tert-OH is 1. The Bertz CT molecular complexity index is 800. The molecule has 1 N–H and O–H groups in total. The van der Waals surface area contributed by atoms with Gasteiger partial charge in [-0.25, -0.2) is 0 Å². The van der Waals surface area contributed by atoms with Crippen LogP contribution in [-0.2, 0) is 4.79 Å². The minimum atomic E-state index is -0.629. The van der Waals surface area contributed by atoms with E-state index in [-0.39, 0.29) is 11.4 Å². The number of Topliss-reactive ketones (excluding diaryl/α,β-unsaturated/α-hetero) is 1. The van der Waals surface area contributed by atoms with Gasteiger partial charge in [-0.1, -0.05) is 12.1 Å². The Labute approximate surface area is 150 Å². The predicted octanol–water partition coefficient (Wildman–Crippen LogP) is 2.28. The van der Waals surface area contributed by atoms with Gasteiger partial charge < -0.3 is 14.9 Å². The van der Waals surface area contributed by atoms with Gasteiger partial charge in [-0.2, -0.15) is 0 Å². The first-order valence-electron chi connectivity index (χ1n) is 7.87. The first-order chi connectivity index (χ1) is 12.0. The van der Waals surface area contributed by atoms with E-state index in [9.17, 15) is 14.7 Å². The lowest BCUT2D eigenvalue weighted by atomic mass is 9.96.